The zero-order valence-corrected chi connectivity index (χ0v) is 9.03. The van der Waals surface area contributed by atoms with Crippen molar-refractivity contribution in [3.63, 3.8) is 0 Å². The summed E-state index contributed by atoms with van der Waals surface area (Å²) in [5.74, 6) is -1.02. The summed E-state index contributed by atoms with van der Waals surface area (Å²) in [5.41, 5.74) is 5.54. The number of methoxy groups -OCH3 is 1. The van der Waals surface area contributed by atoms with Crippen LogP contribution in [-0.4, -0.2) is 31.1 Å². The topological polar surface area (TPSA) is 81.4 Å². The van der Waals surface area contributed by atoms with E-state index in [0.29, 0.717) is 0 Å². The van der Waals surface area contributed by atoms with Crippen molar-refractivity contribution in [2.45, 2.75) is 32.9 Å². The Morgan fingerprint density at radius 2 is 1.79 bits per heavy atom. The maximum atomic E-state index is 11.4. The Kier molecular flexibility index (Phi) is 5.15. The summed E-state index contributed by atoms with van der Waals surface area (Å²) in [5, 5.41) is 2.52. The van der Waals surface area contributed by atoms with Gasteiger partial charge in [0.25, 0.3) is 0 Å². The number of nitrogens with one attached hydrogen (secondary N) is 1. The lowest BCUT2D eigenvalue weighted by Crippen LogP contribution is -2.45. The first-order chi connectivity index (χ1) is 6.40. The Morgan fingerprint density at radius 1 is 1.29 bits per heavy atom. The highest BCUT2D eigenvalue weighted by Crippen LogP contribution is 2.00. The van der Waals surface area contributed by atoms with E-state index in [4.69, 9.17) is 5.73 Å². The fourth-order valence-electron chi connectivity index (χ4n) is 0.819. The first-order valence-corrected chi connectivity index (χ1v) is 4.54. The second-order valence-electron chi connectivity index (χ2n) is 3.40. The van der Waals surface area contributed by atoms with Crippen molar-refractivity contribution in [2.75, 3.05) is 7.11 Å². The SMILES string of the molecule is COC(=O)C(C)NC(=O)C(C)C(C)N. The number of hydrogen-bond acceptors (Lipinski definition) is 4. The second-order valence-corrected chi connectivity index (χ2v) is 3.40. The van der Waals surface area contributed by atoms with E-state index in [0.717, 1.165) is 0 Å². The number of nitrogens with two attached hydrogens (primary N) is 1. The van der Waals surface area contributed by atoms with E-state index in [1.165, 1.54) is 7.11 Å². The first-order valence-electron chi connectivity index (χ1n) is 4.54. The van der Waals surface area contributed by atoms with Crippen molar-refractivity contribution in [2.24, 2.45) is 11.7 Å². The normalized spacial score (nSPS) is 16.6. The number of ether oxygens (including phenoxy) is 1. The Bertz CT molecular complexity index is 216. The van der Waals surface area contributed by atoms with Gasteiger partial charge in [0, 0.05) is 12.0 Å². The van der Waals surface area contributed by atoms with Gasteiger partial charge in [0.05, 0.1) is 7.11 Å². The maximum Gasteiger partial charge on any atom is 0.328 e. The molecule has 82 valence electrons. The molecule has 0 saturated heterocycles. The van der Waals surface area contributed by atoms with Crippen LogP contribution in [0.25, 0.3) is 0 Å². The van der Waals surface area contributed by atoms with Crippen LogP contribution in [0, 0.1) is 5.92 Å². The third kappa shape index (κ3) is 3.74. The number of hydrogen-bond donors (Lipinski definition) is 2. The van der Waals surface area contributed by atoms with Crippen molar-refractivity contribution >= 4 is 11.9 Å². The highest BCUT2D eigenvalue weighted by Gasteiger charge is 2.21. The molecule has 3 N–H and O–H groups in total. The van der Waals surface area contributed by atoms with E-state index < -0.39 is 12.0 Å². The van der Waals surface area contributed by atoms with Crippen LogP contribution in [0.4, 0.5) is 0 Å². The number of carbonyl (C=O) groups excluding carboxylic acids is 2. The molecular weight excluding hydrogens is 184 g/mol. The van der Waals surface area contributed by atoms with Gasteiger partial charge in [0.15, 0.2) is 0 Å². The molecule has 0 aliphatic rings. The lowest BCUT2D eigenvalue weighted by molar-refractivity contribution is -0.145. The van der Waals surface area contributed by atoms with Gasteiger partial charge < -0.3 is 15.8 Å². The summed E-state index contributed by atoms with van der Waals surface area (Å²) in [4.78, 5) is 22.4. The molecule has 0 aromatic rings. The molecule has 0 aliphatic carbocycles. The standard InChI is InChI=1S/C9H18N2O3/c1-5(6(2)10)8(12)11-7(3)9(13)14-4/h5-7H,10H2,1-4H3,(H,11,12). The predicted octanol–water partition coefficient (Wildman–Crippen LogP) is -0.353. The molecule has 14 heavy (non-hydrogen) atoms. The molecule has 0 spiro atoms. The molecule has 0 bridgehead atoms. The van der Waals surface area contributed by atoms with E-state index in [1.807, 2.05) is 0 Å². The third-order valence-electron chi connectivity index (χ3n) is 2.12. The second kappa shape index (κ2) is 5.59. The quantitative estimate of drug-likeness (QED) is 0.610. The Balaban J connectivity index is 4.12. The molecule has 5 nitrogen and oxygen atoms in total. The number of rotatable bonds is 4. The summed E-state index contributed by atoms with van der Waals surface area (Å²) in [7, 11) is 1.28. The smallest absolute Gasteiger partial charge is 0.328 e. The van der Waals surface area contributed by atoms with Gasteiger partial charge >= 0.3 is 5.97 Å². The summed E-state index contributed by atoms with van der Waals surface area (Å²) >= 11 is 0. The van der Waals surface area contributed by atoms with Gasteiger partial charge in [-0.1, -0.05) is 6.92 Å². The van der Waals surface area contributed by atoms with Crippen LogP contribution < -0.4 is 11.1 Å². The monoisotopic (exact) mass is 202 g/mol. The minimum Gasteiger partial charge on any atom is -0.467 e. The molecule has 3 unspecified atom stereocenters. The van der Waals surface area contributed by atoms with Gasteiger partial charge in [-0.2, -0.15) is 0 Å². The van der Waals surface area contributed by atoms with Gasteiger partial charge in [0.2, 0.25) is 5.91 Å². The van der Waals surface area contributed by atoms with Gasteiger partial charge in [-0.15, -0.1) is 0 Å². The van der Waals surface area contributed by atoms with Crippen LogP contribution in [0.3, 0.4) is 0 Å². The van der Waals surface area contributed by atoms with Crippen molar-refractivity contribution < 1.29 is 14.3 Å². The molecule has 0 aromatic carbocycles. The van der Waals surface area contributed by atoms with Gasteiger partial charge in [-0.05, 0) is 13.8 Å². The lowest BCUT2D eigenvalue weighted by atomic mass is 10.0. The van der Waals surface area contributed by atoms with Gasteiger partial charge in [0.1, 0.15) is 6.04 Å². The predicted molar refractivity (Wildman–Crippen MR) is 52.4 cm³/mol. The van der Waals surface area contributed by atoms with Crippen LogP contribution in [-0.2, 0) is 14.3 Å². The molecule has 0 fully saturated rings. The Morgan fingerprint density at radius 3 is 2.14 bits per heavy atom. The van der Waals surface area contributed by atoms with Gasteiger partial charge in [-0.25, -0.2) is 4.79 Å². The molecule has 0 aromatic heterocycles. The fraction of sp³-hybridized carbons (Fsp3) is 0.778. The largest absolute Gasteiger partial charge is 0.467 e. The van der Waals surface area contributed by atoms with Crippen molar-refractivity contribution in [1.29, 1.82) is 0 Å². The van der Waals surface area contributed by atoms with E-state index >= 15 is 0 Å². The molecule has 0 heterocycles. The fourth-order valence-corrected chi connectivity index (χ4v) is 0.819. The van der Waals surface area contributed by atoms with Crippen molar-refractivity contribution in [3.8, 4) is 0 Å². The van der Waals surface area contributed by atoms with Crippen LogP contribution in [0.15, 0.2) is 0 Å². The van der Waals surface area contributed by atoms with E-state index in [1.54, 1.807) is 20.8 Å². The summed E-state index contributed by atoms with van der Waals surface area (Å²) in [6.45, 7) is 5.02. The average molecular weight is 202 g/mol. The van der Waals surface area contributed by atoms with Crippen LogP contribution in [0.2, 0.25) is 0 Å². The minimum atomic E-state index is -0.631. The van der Waals surface area contributed by atoms with E-state index in [2.05, 4.69) is 10.1 Å². The maximum absolute atomic E-state index is 11.4. The van der Waals surface area contributed by atoms with E-state index in [-0.39, 0.29) is 17.9 Å². The number of esters is 1. The summed E-state index contributed by atoms with van der Waals surface area (Å²) in [6, 6.07) is -0.867. The number of amides is 1. The molecule has 0 rings (SSSR count). The molecule has 3 atom stereocenters. The molecule has 0 saturated carbocycles. The molecule has 0 aliphatic heterocycles. The van der Waals surface area contributed by atoms with Crippen LogP contribution in [0.5, 0.6) is 0 Å². The first kappa shape index (κ1) is 12.9. The third-order valence-corrected chi connectivity index (χ3v) is 2.12. The van der Waals surface area contributed by atoms with Crippen molar-refractivity contribution in [1.82, 2.24) is 5.32 Å². The molecule has 1 amide bonds. The average Bonchev–Trinajstić information content (AvgIpc) is 2.14. The summed E-state index contributed by atoms with van der Waals surface area (Å²) in [6.07, 6.45) is 0. The van der Waals surface area contributed by atoms with Crippen molar-refractivity contribution in [3.05, 3.63) is 0 Å². The zero-order chi connectivity index (χ0) is 11.3. The number of carbonyl (C=O) groups is 2. The van der Waals surface area contributed by atoms with Crippen LogP contribution in [0.1, 0.15) is 20.8 Å². The van der Waals surface area contributed by atoms with Gasteiger partial charge in [-0.3, -0.25) is 4.79 Å². The summed E-state index contributed by atoms with van der Waals surface area (Å²) < 4.78 is 4.47. The molecule has 5 heteroatoms. The highest BCUT2D eigenvalue weighted by molar-refractivity contribution is 5.85. The van der Waals surface area contributed by atoms with Crippen LogP contribution >= 0.6 is 0 Å². The minimum absolute atomic E-state index is 0.236. The Labute approximate surface area is 84.0 Å². The zero-order valence-electron chi connectivity index (χ0n) is 9.03. The molecular formula is C9H18N2O3. The molecule has 0 radical (unpaired) electrons. The lowest BCUT2D eigenvalue weighted by Gasteiger charge is -2.18. The Hall–Kier alpha value is -1.10. The van der Waals surface area contributed by atoms with E-state index in [9.17, 15) is 9.59 Å². The highest BCUT2D eigenvalue weighted by atomic mass is 16.5.